The fourth-order valence-electron chi connectivity index (χ4n) is 2.05. The molecule has 0 amide bonds. The highest BCUT2D eigenvalue weighted by atomic mass is 16.4. The Morgan fingerprint density at radius 3 is 2.74 bits per heavy atom. The van der Waals surface area contributed by atoms with Crippen LogP contribution in [0, 0.1) is 0 Å². The zero-order chi connectivity index (χ0) is 13.2. The summed E-state index contributed by atoms with van der Waals surface area (Å²) in [6.45, 7) is 0. The third-order valence-corrected chi connectivity index (χ3v) is 2.97. The van der Waals surface area contributed by atoms with Crippen LogP contribution in [-0.4, -0.2) is 15.4 Å². The van der Waals surface area contributed by atoms with Crippen molar-refractivity contribution in [2.45, 2.75) is 6.42 Å². The molecule has 1 aromatic carbocycles. The van der Waals surface area contributed by atoms with Gasteiger partial charge in [0.15, 0.2) is 0 Å². The van der Waals surface area contributed by atoms with Crippen molar-refractivity contribution in [3.63, 3.8) is 0 Å². The molecule has 3 rings (SSSR count). The first kappa shape index (κ1) is 11.5. The van der Waals surface area contributed by atoms with E-state index in [2.05, 4.69) is 4.98 Å². The van der Waals surface area contributed by atoms with E-state index in [1.807, 2.05) is 40.9 Å². The minimum Gasteiger partial charge on any atom is -0.545 e. The third-order valence-electron chi connectivity index (χ3n) is 2.97. The Balaban J connectivity index is 1.95. The highest BCUT2D eigenvalue weighted by Crippen LogP contribution is 2.12. The summed E-state index contributed by atoms with van der Waals surface area (Å²) in [4.78, 5) is 15.2. The molecule has 0 fully saturated rings. The Morgan fingerprint density at radius 2 is 2.00 bits per heavy atom. The van der Waals surface area contributed by atoms with Gasteiger partial charge in [0.1, 0.15) is 5.65 Å². The van der Waals surface area contributed by atoms with Gasteiger partial charge < -0.3 is 14.3 Å². The Hall–Kier alpha value is -2.62. The molecule has 0 N–H and O–H groups in total. The number of carbonyl (C=O) groups excluding carboxylic acids is 1. The first-order valence-electron chi connectivity index (χ1n) is 5.95. The van der Waals surface area contributed by atoms with Gasteiger partial charge in [0.2, 0.25) is 0 Å². The highest BCUT2D eigenvalue weighted by molar-refractivity contribution is 5.86. The maximum absolute atomic E-state index is 10.8. The number of hydrogen-bond acceptors (Lipinski definition) is 3. The predicted molar refractivity (Wildman–Crippen MR) is 68.8 cm³/mol. The van der Waals surface area contributed by atoms with Gasteiger partial charge in [-0.3, -0.25) is 0 Å². The van der Waals surface area contributed by atoms with Gasteiger partial charge in [0, 0.05) is 24.4 Å². The third kappa shape index (κ3) is 2.33. The molecule has 2 aromatic heterocycles. The lowest BCUT2D eigenvalue weighted by Gasteiger charge is -2.01. The minimum atomic E-state index is -1.19. The average molecular weight is 251 g/mol. The highest BCUT2D eigenvalue weighted by Gasteiger charge is 2.04. The van der Waals surface area contributed by atoms with E-state index in [4.69, 9.17) is 0 Å². The molecule has 0 atom stereocenters. The number of carboxylic acids is 1. The standard InChI is InChI=1S/C15H12N2O2/c18-15(19)12-6-7-17-10-13(16-14(17)9-12)8-11-4-2-1-3-5-11/h1-7,9-10H,8H2,(H,18,19)/p-1. The number of benzene rings is 1. The van der Waals surface area contributed by atoms with E-state index in [0.717, 1.165) is 12.1 Å². The van der Waals surface area contributed by atoms with Crippen LogP contribution in [0.15, 0.2) is 54.9 Å². The quantitative estimate of drug-likeness (QED) is 0.704. The Labute approximate surface area is 110 Å². The smallest absolute Gasteiger partial charge is 0.137 e. The van der Waals surface area contributed by atoms with E-state index < -0.39 is 5.97 Å². The summed E-state index contributed by atoms with van der Waals surface area (Å²) in [5.41, 5.74) is 2.84. The van der Waals surface area contributed by atoms with Crippen LogP contribution >= 0.6 is 0 Å². The number of pyridine rings is 1. The molecule has 2 heterocycles. The lowest BCUT2D eigenvalue weighted by molar-refractivity contribution is -0.255. The Kier molecular flexibility index (Phi) is 2.76. The number of fused-ring (bicyclic) bond motifs is 1. The summed E-state index contributed by atoms with van der Waals surface area (Å²) in [5.74, 6) is -1.19. The molecular weight excluding hydrogens is 240 g/mol. The average Bonchev–Trinajstić information content (AvgIpc) is 2.80. The van der Waals surface area contributed by atoms with Crippen molar-refractivity contribution < 1.29 is 9.90 Å². The van der Waals surface area contributed by atoms with E-state index in [9.17, 15) is 9.90 Å². The summed E-state index contributed by atoms with van der Waals surface area (Å²) in [6, 6.07) is 13.0. The van der Waals surface area contributed by atoms with Crippen LogP contribution in [0.4, 0.5) is 0 Å². The maximum atomic E-state index is 10.8. The van der Waals surface area contributed by atoms with Crippen molar-refractivity contribution in [3.8, 4) is 0 Å². The van der Waals surface area contributed by atoms with Crippen LogP contribution in [0.5, 0.6) is 0 Å². The summed E-state index contributed by atoms with van der Waals surface area (Å²) in [6.07, 6.45) is 4.31. The number of rotatable bonds is 3. The molecule has 4 nitrogen and oxygen atoms in total. The molecule has 0 aliphatic rings. The number of imidazole rings is 1. The summed E-state index contributed by atoms with van der Waals surface area (Å²) < 4.78 is 1.81. The van der Waals surface area contributed by atoms with Crippen molar-refractivity contribution in [2.75, 3.05) is 0 Å². The molecule has 4 heteroatoms. The first-order valence-corrected chi connectivity index (χ1v) is 5.95. The zero-order valence-electron chi connectivity index (χ0n) is 10.1. The van der Waals surface area contributed by atoms with E-state index >= 15 is 0 Å². The Bertz CT molecular complexity index is 732. The fourth-order valence-corrected chi connectivity index (χ4v) is 2.05. The largest absolute Gasteiger partial charge is 0.545 e. The number of hydrogen-bond donors (Lipinski definition) is 0. The SMILES string of the molecule is O=C([O-])c1ccn2cc(Cc3ccccc3)nc2c1. The van der Waals surface area contributed by atoms with Crippen LogP contribution in [0.25, 0.3) is 5.65 Å². The molecule has 0 saturated carbocycles. The maximum Gasteiger partial charge on any atom is 0.137 e. The Morgan fingerprint density at radius 1 is 1.21 bits per heavy atom. The first-order chi connectivity index (χ1) is 9.22. The molecule has 0 saturated heterocycles. The molecule has 0 aliphatic heterocycles. The van der Waals surface area contributed by atoms with E-state index in [0.29, 0.717) is 5.65 Å². The summed E-state index contributed by atoms with van der Waals surface area (Å²) in [5, 5.41) is 10.8. The number of nitrogens with zero attached hydrogens (tertiary/aromatic N) is 2. The molecular formula is C15H11N2O2-. The van der Waals surface area contributed by atoms with Crippen LogP contribution < -0.4 is 5.11 Å². The fraction of sp³-hybridized carbons (Fsp3) is 0.0667. The molecule has 0 radical (unpaired) electrons. The number of carbonyl (C=O) groups is 1. The number of aromatic nitrogens is 2. The molecule has 0 spiro atoms. The van der Waals surface area contributed by atoms with E-state index in [-0.39, 0.29) is 5.56 Å². The summed E-state index contributed by atoms with van der Waals surface area (Å²) >= 11 is 0. The van der Waals surface area contributed by atoms with Gasteiger partial charge in [-0.05, 0) is 17.7 Å². The van der Waals surface area contributed by atoms with Crippen molar-refractivity contribution in [1.82, 2.24) is 9.38 Å². The van der Waals surface area contributed by atoms with Gasteiger partial charge in [-0.1, -0.05) is 30.3 Å². The monoisotopic (exact) mass is 251 g/mol. The van der Waals surface area contributed by atoms with Gasteiger partial charge in [-0.2, -0.15) is 0 Å². The second kappa shape index (κ2) is 4.57. The van der Waals surface area contributed by atoms with Crippen LogP contribution in [0.2, 0.25) is 0 Å². The van der Waals surface area contributed by atoms with Gasteiger partial charge >= 0.3 is 0 Å². The molecule has 94 valence electrons. The molecule has 0 bridgehead atoms. The molecule has 0 aliphatic carbocycles. The molecule has 19 heavy (non-hydrogen) atoms. The van der Waals surface area contributed by atoms with E-state index in [1.54, 1.807) is 6.20 Å². The van der Waals surface area contributed by atoms with Gasteiger partial charge in [0.25, 0.3) is 0 Å². The molecule has 3 aromatic rings. The number of aromatic carboxylic acids is 1. The van der Waals surface area contributed by atoms with Crippen molar-refractivity contribution in [2.24, 2.45) is 0 Å². The number of carboxylic acid groups (broad SMARTS) is 1. The van der Waals surface area contributed by atoms with Crippen molar-refractivity contribution in [1.29, 1.82) is 0 Å². The lowest BCUT2D eigenvalue weighted by atomic mass is 10.1. The van der Waals surface area contributed by atoms with E-state index in [1.165, 1.54) is 17.7 Å². The lowest BCUT2D eigenvalue weighted by Crippen LogP contribution is -2.22. The van der Waals surface area contributed by atoms with Gasteiger partial charge in [0.05, 0.1) is 11.7 Å². The van der Waals surface area contributed by atoms with Crippen molar-refractivity contribution in [3.05, 3.63) is 71.7 Å². The summed E-state index contributed by atoms with van der Waals surface area (Å²) in [7, 11) is 0. The van der Waals surface area contributed by atoms with Gasteiger partial charge in [-0.15, -0.1) is 0 Å². The second-order valence-electron chi connectivity index (χ2n) is 4.36. The van der Waals surface area contributed by atoms with Crippen LogP contribution in [-0.2, 0) is 6.42 Å². The normalized spacial score (nSPS) is 10.7. The van der Waals surface area contributed by atoms with Gasteiger partial charge in [-0.25, -0.2) is 4.98 Å². The second-order valence-corrected chi connectivity index (χ2v) is 4.36. The van der Waals surface area contributed by atoms with Crippen molar-refractivity contribution >= 4 is 11.6 Å². The minimum absolute atomic E-state index is 0.143. The topological polar surface area (TPSA) is 57.4 Å². The van der Waals surface area contributed by atoms with Crippen LogP contribution in [0.1, 0.15) is 21.6 Å². The van der Waals surface area contributed by atoms with Crippen LogP contribution in [0.3, 0.4) is 0 Å². The zero-order valence-corrected chi connectivity index (χ0v) is 10.1. The predicted octanol–water partition coefficient (Wildman–Crippen LogP) is 1.29. The molecule has 0 unspecified atom stereocenters.